The quantitative estimate of drug-likeness (QED) is 0.0743. The molecule has 0 radical (unpaired) electrons. The summed E-state index contributed by atoms with van der Waals surface area (Å²) in [5, 5.41) is 12.4. The van der Waals surface area contributed by atoms with Crippen molar-refractivity contribution in [2.24, 2.45) is 11.7 Å². The van der Waals surface area contributed by atoms with Gasteiger partial charge in [-0.25, -0.2) is 8.42 Å². The van der Waals surface area contributed by atoms with E-state index in [1.807, 2.05) is 43.3 Å². The molecule has 250 valence electrons. The van der Waals surface area contributed by atoms with E-state index in [0.29, 0.717) is 18.7 Å². The number of hydrogen-bond donors (Lipinski definition) is 5. The van der Waals surface area contributed by atoms with Crippen LogP contribution in [-0.4, -0.2) is 57.8 Å². The molecule has 2 atom stereocenters. The van der Waals surface area contributed by atoms with Crippen molar-refractivity contribution in [1.29, 1.82) is 5.41 Å². The number of carbonyl (C=O) groups is 1. The SMILES string of the molecule is C[C@](NS(=O)(=O)c1ccc(I)cc1)(C(=O)NC[C@H]1CCCN(C(=N)N)C1)c1cccc2ccccc12.Cc1ccc(S(=O)(=O)O)cc1. The van der Waals surface area contributed by atoms with Gasteiger partial charge in [0.05, 0.1) is 9.79 Å². The van der Waals surface area contributed by atoms with E-state index in [1.165, 1.54) is 24.3 Å². The van der Waals surface area contributed by atoms with Gasteiger partial charge in [0.2, 0.25) is 15.9 Å². The number of likely N-dealkylation sites (tertiary alicyclic amines) is 1. The van der Waals surface area contributed by atoms with Crippen LogP contribution in [0.4, 0.5) is 0 Å². The molecule has 1 heterocycles. The number of sulfonamides is 1. The third-order valence-corrected chi connectivity index (χ3v) is 11.1. The zero-order valence-electron chi connectivity index (χ0n) is 26.0. The second kappa shape index (κ2) is 15.1. The summed E-state index contributed by atoms with van der Waals surface area (Å²) in [6.07, 6.45) is 1.77. The van der Waals surface area contributed by atoms with Gasteiger partial charge in [0, 0.05) is 23.2 Å². The molecule has 47 heavy (non-hydrogen) atoms. The minimum Gasteiger partial charge on any atom is -0.370 e. The molecule has 1 fully saturated rings. The van der Waals surface area contributed by atoms with Gasteiger partial charge >= 0.3 is 0 Å². The topological polar surface area (TPSA) is 183 Å². The van der Waals surface area contributed by atoms with E-state index in [1.54, 1.807) is 42.2 Å². The van der Waals surface area contributed by atoms with Crippen LogP contribution in [0.25, 0.3) is 10.8 Å². The third-order valence-electron chi connectivity index (χ3n) is 7.97. The van der Waals surface area contributed by atoms with Gasteiger partial charge in [0.1, 0.15) is 5.54 Å². The van der Waals surface area contributed by atoms with Crippen molar-refractivity contribution in [2.75, 3.05) is 19.6 Å². The van der Waals surface area contributed by atoms with Crippen LogP contribution in [0.2, 0.25) is 0 Å². The molecule has 0 spiro atoms. The summed E-state index contributed by atoms with van der Waals surface area (Å²) >= 11 is 2.12. The summed E-state index contributed by atoms with van der Waals surface area (Å²) in [6.45, 7) is 5.11. The highest BCUT2D eigenvalue weighted by Crippen LogP contribution is 2.31. The fraction of sp³-hybridized carbons (Fsp3) is 0.273. The van der Waals surface area contributed by atoms with Crippen molar-refractivity contribution in [2.45, 2.75) is 42.0 Å². The van der Waals surface area contributed by atoms with Crippen LogP contribution in [-0.2, 0) is 30.5 Å². The number of guanidine groups is 1. The average molecular weight is 792 g/mol. The molecule has 0 bridgehead atoms. The van der Waals surface area contributed by atoms with E-state index in [-0.39, 0.29) is 21.7 Å². The number of hydrogen-bond acceptors (Lipinski definition) is 6. The fourth-order valence-corrected chi connectivity index (χ4v) is 7.59. The monoisotopic (exact) mass is 791 g/mol. The van der Waals surface area contributed by atoms with Crippen LogP contribution < -0.4 is 15.8 Å². The first-order chi connectivity index (χ1) is 22.1. The molecular weight excluding hydrogens is 753 g/mol. The van der Waals surface area contributed by atoms with Crippen molar-refractivity contribution in [3.05, 3.63) is 106 Å². The number of nitrogens with two attached hydrogens (primary N) is 1. The molecule has 14 heteroatoms. The summed E-state index contributed by atoms with van der Waals surface area (Å²) in [4.78, 5) is 15.6. The first-order valence-corrected chi connectivity index (χ1v) is 18.8. The van der Waals surface area contributed by atoms with Gasteiger partial charge in [0.25, 0.3) is 10.1 Å². The normalized spacial score (nSPS) is 16.4. The molecular formula is C33H38IN5O6S2. The van der Waals surface area contributed by atoms with Gasteiger partial charge in [-0.3, -0.25) is 14.8 Å². The summed E-state index contributed by atoms with van der Waals surface area (Å²) < 4.78 is 60.1. The van der Waals surface area contributed by atoms with Crippen molar-refractivity contribution < 1.29 is 26.2 Å². The Hall–Kier alpha value is -3.57. The lowest BCUT2D eigenvalue weighted by Gasteiger charge is -2.35. The summed E-state index contributed by atoms with van der Waals surface area (Å²) in [5.74, 6) is -0.305. The van der Waals surface area contributed by atoms with Crippen LogP contribution in [0, 0.1) is 21.8 Å². The van der Waals surface area contributed by atoms with Gasteiger partial charge in [-0.1, -0.05) is 60.2 Å². The van der Waals surface area contributed by atoms with Crippen molar-refractivity contribution in [1.82, 2.24) is 14.9 Å². The lowest BCUT2D eigenvalue weighted by molar-refractivity contribution is -0.126. The Kier molecular flexibility index (Phi) is 11.7. The van der Waals surface area contributed by atoms with Gasteiger partial charge in [-0.2, -0.15) is 13.1 Å². The van der Waals surface area contributed by atoms with Crippen molar-refractivity contribution >= 4 is 65.4 Å². The molecule has 4 aromatic carbocycles. The van der Waals surface area contributed by atoms with E-state index >= 15 is 0 Å². The van der Waals surface area contributed by atoms with Crippen molar-refractivity contribution in [3.63, 3.8) is 0 Å². The maximum Gasteiger partial charge on any atom is 0.294 e. The molecule has 1 aliphatic rings. The fourth-order valence-electron chi connectivity index (χ4n) is 5.40. The lowest BCUT2D eigenvalue weighted by Crippen LogP contribution is -2.55. The predicted octanol–water partition coefficient (Wildman–Crippen LogP) is 4.60. The summed E-state index contributed by atoms with van der Waals surface area (Å²) in [7, 11) is -8.05. The van der Waals surface area contributed by atoms with E-state index in [4.69, 9.17) is 15.7 Å². The van der Waals surface area contributed by atoms with Gasteiger partial charge < -0.3 is 16.0 Å². The number of amides is 1. The number of aryl methyl sites for hydroxylation is 1. The Bertz CT molecular complexity index is 1950. The zero-order chi connectivity index (χ0) is 34.4. The lowest BCUT2D eigenvalue weighted by atomic mass is 9.87. The van der Waals surface area contributed by atoms with E-state index < -0.39 is 31.6 Å². The Labute approximate surface area is 289 Å². The molecule has 0 aliphatic carbocycles. The third kappa shape index (κ3) is 9.28. The number of rotatable bonds is 8. The Morgan fingerprint density at radius 1 is 0.979 bits per heavy atom. The van der Waals surface area contributed by atoms with E-state index in [2.05, 4.69) is 32.6 Å². The van der Waals surface area contributed by atoms with Gasteiger partial charge in [0.15, 0.2) is 5.96 Å². The Morgan fingerprint density at radius 3 is 2.23 bits per heavy atom. The molecule has 0 unspecified atom stereocenters. The molecule has 0 saturated carbocycles. The molecule has 1 saturated heterocycles. The molecule has 11 nitrogen and oxygen atoms in total. The first-order valence-electron chi connectivity index (χ1n) is 14.8. The first kappa shape index (κ1) is 36.3. The number of benzene rings is 4. The number of carbonyl (C=O) groups excluding carboxylic acids is 1. The van der Waals surface area contributed by atoms with Gasteiger partial charge in [-0.05, 0) is 108 Å². The highest BCUT2D eigenvalue weighted by molar-refractivity contribution is 14.1. The summed E-state index contributed by atoms with van der Waals surface area (Å²) in [5.41, 5.74) is 5.62. The van der Waals surface area contributed by atoms with Crippen LogP contribution in [0.3, 0.4) is 0 Å². The zero-order valence-corrected chi connectivity index (χ0v) is 29.8. The van der Waals surface area contributed by atoms with Crippen LogP contribution in [0.5, 0.6) is 0 Å². The minimum absolute atomic E-state index is 0.0249. The molecule has 6 N–H and O–H groups in total. The van der Waals surface area contributed by atoms with Crippen LogP contribution in [0.1, 0.15) is 30.9 Å². The maximum absolute atomic E-state index is 13.8. The molecule has 4 aromatic rings. The number of nitrogens with one attached hydrogen (secondary N) is 3. The molecule has 0 aromatic heterocycles. The van der Waals surface area contributed by atoms with Crippen molar-refractivity contribution in [3.8, 4) is 0 Å². The average Bonchev–Trinajstić information content (AvgIpc) is 3.03. The smallest absolute Gasteiger partial charge is 0.294 e. The van der Waals surface area contributed by atoms with E-state index in [9.17, 15) is 21.6 Å². The Balaban J connectivity index is 0.000000385. The summed E-state index contributed by atoms with van der Waals surface area (Å²) in [6, 6.07) is 25.6. The highest BCUT2D eigenvalue weighted by Gasteiger charge is 2.41. The molecule has 1 aliphatic heterocycles. The Morgan fingerprint density at radius 2 is 1.60 bits per heavy atom. The van der Waals surface area contributed by atoms with Gasteiger partial charge in [-0.15, -0.1) is 0 Å². The maximum atomic E-state index is 13.8. The number of fused-ring (bicyclic) bond motifs is 1. The van der Waals surface area contributed by atoms with Crippen LogP contribution >= 0.6 is 22.6 Å². The van der Waals surface area contributed by atoms with E-state index in [0.717, 1.165) is 39.3 Å². The molecule has 5 rings (SSSR count). The number of halogens is 1. The minimum atomic E-state index is -4.03. The number of nitrogens with zero attached hydrogens (tertiary/aromatic N) is 1. The molecule has 1 amide bonds. The number of piperidine rings is 1. The highest BCUT2D eigenvalue weighted by atomic mass is 127. The second-order valence-electron chi connectivity index (χ2n) is 11.5. The standard InChI is InChI=1S/C26H30IN5O3S.C7H8O3S/c1-26(23-10-4-8-19-7-2-3-9-22(19)23,31-36(34,35)21-13-11-20(27)12-14-21)24(33)30-16-18-6-5-15-32(17-18)25(28)29;1-6-2-4-7(5-3-6)11(8,9)10/h2-4,7-14,18,31H,5-6,15-17H2,1H3,(H3,28,29)(H,30,33);2-5H,1H3,(H,8,9,10)/t18-,26-;/m1./s1. The largest absolute Gasteiger partial charge is 0.370 e. The van der Waals surface area contributed by atoms with Crippen LogP contribution in [0.15, 0.2) is 101 Å². The predicted molar refractivity (Wildman–Crippen MR) is 191 cm³/mol. The second-order valence-corrected chi connectivity index (χ2v) is 15.9.